The predicted octanol–water partition coefficient (Wildman–Crippen LogP) is 2.60. The van der Waals surface area contributed by atoms with Gasteiger partial charge < -0.3 is 0 Å². The fourth-order valence-corrected chi connectivity index (χ4v) is 1.13. The van der Waals surface area contributed by atoms with Gasteiger partial charge >= 0.3 is 0 Å². The first-order valence-corrected chi connectivity index (χ1v) is 4.56. The molecule has 0 aliphatic rings. The van der Waals surface area contributed by atoms with Crippen LogP contribution in [-0.4, -0.2) is 5.71 Å². The van der Waals surface area contributed by atoms with E-state index in [1.807, 2.05) is 0 Å². The van der Waals surface area contributed by atoms with Crippen LogP contribution < -0.4 is 5.43 Å². The Bertz CT molecular complexity index is 509. The fourth-order valence-electron chi connectivity index (χ4n) is 0.939. The summed E-state index contributed by atoms with van der Waals surface area (Å²) in [4.78, 5) is 0. The van der Waals surface area contributed by atoms with Crippen LogP contribution in [0.2, 0.25) is 5.02 Å². The molecule has 0 atom stereocenters. The van der Waals surface area contributed by atoms with Gasteiger partial charge in [0.15, 0.2) is 0 Å². The van der Waals surface area contributed by atoms with Gasteiger partial charge in [0.2, 0.25) is 5.71 Å². The zero-order valence-corrected chi connectivity index (χ0v) is 9.01. The largest absolute Gasteiger partial charge is 0.275 e. The van der Waals surface area contributed by atoms with Crippen molar-refractivity contribution in [2.24, 2.45) is 5.10 Å². The van der Waals surface area contributed by atoms with E-state index in [1.54, 1.807) is 12.1 Å². The summed E-state index contributed by atoms with van der Waals surface area (Å²) in [6.07, 6.45) is 0. The molecule has 0 aromatic heterocycles. The molecule has 0 radical (unpaired) electrons. The summed E-state index contributed by atoms with van der Waals surface area (Å²) in [5.74, 6) is -0.430. The van der Waals surface area contributed by atoms with E-state index in [4.69, 9.17) is 22.1 Å². The van der Waals surface area contributed by atoms with Crippen molar-refractivity contribution in [1.29, 1.82) is 10.5 Å². The quantitative estimate of drug-likeness (QED) is 0.634. The highest BCUT2D eigenvalue weighted by Crippen LogP contribution is 2.27. The molecule has 0 saturated heterocycles. The van der Waals surface area contributed by atoms with E-state index < -0.39 is 5.82 Å². The Balaban J connectivity index is 3.02. The van der Waals surface area contributed by atoms with Crippen molar-refractivity contribution < 1.29 is 4.39 Å². The van der Waals surface area contributed by atoms with E-state index in [2.05, 4.69) is 10.5 Å². The molecule has 0 heterocycles. The normalized spacial score (nSPS) is 8.81. The molecule has 1 aromatic rings. The zero-order chi connectivity index (χ0) is 12.1. The number of nitrogens with one attached hydrogen (secondary N) is 1. The second kappa shape index (κ2) is 5.11. The maximum atomic E-state index is 13.0. The lowest BCUT2D eigenvalue weighted by Gasteiger charge is -2.06. The average Bonchev–Trinajstić information content (AvgIpc) is 2.30. The van der Waals surface area contributed by atoms with Crippen molar-refractivity contribution in [2.45, 2.75) is 6.92 Å². The number of hydrogen-bond donors (Lipinski definition) is 1. The Kier molecular flexibility index (Phi) is 3.82. The number of halogens is 2. The maximum absolute atomic E-state index is 13.0. The number of nitrogens with zero attached hydrogens (tertiary/aromatic N) is 3. The standard InChI is InChI=1S/C10H6ClFN4/c1-6-8(12)2-3-9(10(6)11)16-15-7(4-13)5-14/h2-3,16H,1H3. The summed E-state index contributed by atoms with van der Waals surface area (Å²) in [7, 11) is 0. The molecule has 0 fully saturated rings. The van der Waals surface area contributed by atoms with E-state index >= 15 is 0 Å². The van der Waals surface area contributed by atoms with Crippen molar-refractivity contribution in [2.75, 3.05) is 5.43 Å². The minimum atomic E-state index is -0.430. The number of rotatable bonds is 2. The Morgan fingerprint density at radius 1 is 1.44 bits per heavy atom. The summed E-state index contributed by atoms with van der Waals surface area (Å²) in [6, 6.07) is 5.75. The Morgan fingerprint density at radius 3 is 2.62 bits per heavy atom. The molecule has 1 rings (SSSR count). The molecule has 6 heteroatoms. The van der Waals surface area contributed by atoms with Crippen molar-refractivity contribution in [1.82, 2.24) is 0 Å². The van der Waals surface area contributed by atoms with Gasteiger partial charge in [-0.1, -0.05) is 11.6 Å². The van der Waals surface area contributed by atoms with Gasteiger partial charge in [-0.3, -0.25) is 5.43 Å². The van der Waals surface area contributed by atoms with Gasteiger partial charge in [0, 0.05) is 5.56 Å². The van der Waals surface area contributed by atoms with E-state index in [0.717, 1.165) is 0 Å². The van der Waals surface area contributed by atoms with E-state index in [0.29, 0.717) is 5.69 Å². The van der Waals surface area contributed by atoms with Gasteiger partial charge in [-0.15, -0.1) is 0 Å². The number of nitriles is 2. The topological polar surface area (TPSA) is 72.0 Å². The van der Waals surface area contributed by atoms with Crippen molar-refractivity contribution in [3.05, 3.63) is 28.5 Å². The van der Waals surface area contributed by atoms with Gasteiger partial charge in [-0.05, 0) is 19.1 Å². The molecule has 0 saturated carbocycles. The van der Waals surface area contributed by atoms with Gasteiger partial charge in [-0.2, -0.15) is 15.6 Å². The van der Waals surface area contributed by atoms with Crippen LogP contribution in [0.25, 0.3) is 0 Å². The SMILES string of the molecule is Cc1c(F)ccc(NN=C(C#N)C#N)c1Cl. The molecule has 0 unspecified atom stereocenters. The molecule has 1 aromatic carbocycles. The molecule has 1 N–H and O–H groups in total. The number of benzene rings is 1. The Morgan fingerprint density at radius 2 is 2.06 bits per heavy atom. The third kappa shape index (κ3) is 2.47. The molecule has 4 nitrogen and oxygen atoms in total. The van der Waals surface area contributed by atoms with Crippen LogP contribution in [-0.2, 0) is 0 Å². The van der Waals surface area contributed by atoms with Gasteiger partial charge in [0.1, 0.15) is 18.0 Å². The molecule has 16 heavy (non-hydrogen) atoms. The minimum absolute atomic E-state index is 0.166. The van der Waals surface area contributed by atoms with Crippen LogP contribution in [0.4, 0.5) is 10.1 Å². The fraction of sp³-hybridized carbons (Fsp3) is 0.100. The first-order valence-electron chi connectivity index (χ1n) is 4.18. The highest BCUT2D eigenvalue weighted by atomic mass is 35.5. The molecular weight excluding hydrogens is 231 g/mol. The molecule has 0 bridgehead atoms. The van der Waals surface area contributed by atoms with Gasteiger partial charge in [0.25, 0.3) is 0 Å². The Hall–Kier alpha value is -2.11. The van der Waals surface area contributed by atoms with Crippen molar-refractivity contribution >= 4 is 23.0 Å². The highest BCUT2D eigenvalue weighted by molar-refractivity contribution is 6.34. The van der Waals surface area contributed by atoms with Crippen LogP contribution in [0, 0.1) is 35.4 Å². The molecule has 0 spiro atoms. The summed E-state index contributed by atoms with van der Waals surface area (Å²) < 4.78 is 13.0. The molecule has 0 aliphatic heterocycles. The predicted molar refractivity (Wildman–Crippen MR) is 58.4 cm³/mol. The molecule has 0 aliphatic carbocycles. The monoisotopic (exact) mass is 236 g/mol. The lowest BCUT2D eigenvalue weighted by Crippen LogP contribution is -1.98. The van der Waals surface area contributed by atoms with Gasteiger partial charge in [-0.25, -0.2) is 4.39 Å². The summed E-state index contributed by atoms with van der Waals surface area (Å²) in [5.41, 5.74) is 2.70. The molecule has 0 amide bonds. The van der Waals surface area contributed by atoms with E-state index in [9.17, 15) is 4.39 Å². The van der Waals surface area contributed by atoms with E-state index in [-0.39, 0.29) is 16.3 Å². The summed E-state index contributed by atoms with van der Waals surface area (Å²) >= 11 is 5.83. The van der Waals surface area contributed by atoms with Crippen molar-refractivity contribution in [3.63, 3.8) is 0 Å². The van der Waals surface area contributed by atoms with Crippen LogP contribution in [0.3, 0.4) is 0 Å². The second-order valence-electron chi connectivity index (χ2n) is 2.83. The lowest BCUT2D eigenvalue weighted by molar-refractivity contribution is 0.619. The lowest BCUT2D eigenvalue weighted by atomic mass is 10.2. The number of hydrogen-bond acceptors (Lipinski definition) is 4. The third-order valence-electron chi connectivity index (χ3n) is 1.82. The third-order valence-corrected chi connectivity index (χ3v) is 2.31. The van der Waals surface area contributed by atoms with Crippen LogP contribution in [0.15, 0.2) is 17.2 Å². The Labute approximate surface area is 96.6 Å². The van der Waals surface area contributed by atoms with E-state index in [1.165, 1.54) is 19.1 Å². The van der Waals surface area contributed by atoms with Crippen LogP contribution >= 0.6 is 11.6 Å². The number of anilines is 1. The van der Waals surface area contributed by atoms with Crippen LogP contribution in [0.5, 0.6) is 0 Å². The summed E-state index contributed by atoms with van der Waals surface area (Å²) in [5, 5.41) is 20.5. The maximum Gasteiger partial charge on any atom is 0.237 e. The second-order valence-corrected chi connectivity index (χ2v) is 3.21. The molecular formula is C10H6ClFN4. The average molecular weight is 237 g/mol. The zero-order valence-electron chi connectivity index (χ0n) is 8.25. The number of hydrazone groups is 1. The van der Waals surface area contributed by atoms with Gasteiger partial charge in [0.05, 0.1) is 10.7 Å². The molecule has 80 valence electrons. The highest BCUT2D eigenvalue weighted by Gasteiger charge is 2.07. The summed E-state index contributed by atoms with van der Waals surface area (Å²) in [6.45, 7) is 1.52. The first kappa shape index (κ1) is 12.0. The first-order chi connectivity index (χ1) is 7.60. The van der Waals surface area contributed by atoms with Crippen LogP contribution in [0.1, 0.15) is 5.56 Å². The smallest absolute Gasteiger partial charge is 0.237 e. The van der Waals surface area contributed by atoms with Crippen molar-refractivity contribution in [3.8, 4) is 12.1 Å². The minimum Gasteiger partial charge on any atom is -0.275 e.